The van der Waals surface area contributed by atoms with Crippen molar-refractivity contribution in [1.29, 1.82) is 0 Å². The van der Waals surface area contributed by atoms with Gasteiger partial charge in [0.05, 0.1) is 6.42 Å². The van der Waals surface area contributed by atoms with Gasteiger partial charge in [0.1, 0.15) is 0 Å². The Bertz CT molecular complexity index is 214. The van der Waals surface area contributed by atoms with Crippen LogP contribution in [0.4, 0.5) is 0 Å². The molecular formula is C9H15NO3S. The van der Waals surface area contributed by atoms with Crippen LogP contribution in [0.2, 0.25) is 0 Å². The summed E-state index contributed by atoms with van der Waals surface area (Å²) in [5, 5.41) is 11.6. The number of amides is 1. The molecule has 1 aliphatic heterocycles. The Hall–Kier alpha value is -0.710. The van der Waals surface area contributed by atoms with Crippen LogP contribution in [0.1, 0.15) is 25.7 Å². The highest BCUT2D eigenvalue weighted by molar-refractivity contribution is 8.00. The third-order valence-electron chi connectivity index (χ3n) is 2.12. The first-order chi connectivity index (χ1) is 6.68. The molecule has 1 atom stereocenters. The lowest BCUT2D eigenvalue weighted by molar-refractivity contribution is -0.138. The first-order valence-electron chi connectivity index (χ1n) is 4.78. The van der Waals surface area contributed by atoms with Gasteiger partial charge in [0.2, 0.25) is 5.91 Å². The van der Waals surface area contributed by atoms with Crippen LogP contribution in [0.5, 0.6) is 0 Å². The summed E-state index contributed by atoms with van der Waals surface area (Å²) in [4.78, 5) is 21.3. The topological polar surface area (TPSA) is 66.4 Å². The Kier molecular flexibility index (Phi) is 4.79. The molecule has 80 valence electrons. The van der Waals surface area contributed by atoms with Gasteiger partial charge in [-0.05, 0) is 18.6 Å². The van der Waals surface area contributed by atoms with E-state index in [1.54, 1.807) is 0 Å². The van der Waals surface area contributed by atoms with Crippen LogP contribution in [0.3, 0.4) is 0 Å². The SMILES string of the molecule is O=C(O)CCC(=O)NCC1CCCS1. The number of hydrogen-bond donors (Lipinski definition) is 2. The number of nitrogens with one attached hydrogen (secondary N) is 1. The van der Waals surface area contributed by atoms with Gasteiger partial charge in [-0.3, -0.25) is 9.59 Å². The van der Waals surface area contributed by atoms with Gasteiger partial charge in [-0.15, -0.1) is 0 Å². The normalized spacial score (nSPS) is 20.7. The molecule has 0 aromatic heterocycles. The van der Waals surface area contributed by atoms with Crippen LogP contribution < -0.4 is 5.32 Å². The molecule has 1 rings (SSSR count). The van der Waals surface area contributed by atoms with Crippen molar-refractivity contribution in [2.75, 3.05) is 12.3 Å². The maximum Gasteiger partial charge on any atom is 0.303 e. The summed E-state index contributed by atoms with van der Waals surface area (Å²) in [7, 11) is 0. The van der Waals surface area contributed by atoms with Gasteiger partial charge >= 0.3 is 5.97 Å². The lowest BCUT2D eigenvalue weighted by atomic mass is 10.2. The van der Waals surface area contributed by atoms with Gasteiger partial charge in [0, 0.05) is 18.2 Å². The van der Waals surface area contributed by atoms with Gasteiger partial charge in [-0.2, -0.15) is 11.8 Å². The van der Waals surface area contributed by atoms with Gasteiger partial charge in [-0.25, -0.2) is 0 Å². The quantitative estimate of drug-likeness (QED) is 0.717. The smallest absolute Gasteiger partial charge is 0.303 e. The predicted octanol–water partition coefficient (Wildman–Crippen LogP) is 0.863. The summed E-state index contributed by atoms with van der Waals surface area (Å²) in [6.07, 6.45) is 2.39. The molecule has 1 saturated heterocycles. The average Bonchev–Trinajstić information content (AvgIpc) is 2.63. The Morgan fingerprint density at radius 2 is 2.21 bits per heavy atom. The molecule has 0 aromatic rings. The maximum atomic E-state index is 11.1. The molecule has 0 aromatic carbocycles. The molecule has 2 N–H and O–H groups in total. The van der Waals surface area contributed by atoms with Crippen LogP contribution in [-0.2, 0) is 9.59 Å². The van der Waals surface area contributed by atoms with Crippen molar-refractivity contribution in [2.45, 2.75) is 30.9 Å². The van der Waals surface area contributed by atoms with Crippen molar-refractivity contribution < 1.29 is 14.7 Å². The number of thioether (sulfide) groups is 1. The summed E-state index contributed by atoms with van der Waals surface area (Å²) < 4.78 is 0. The fraction of sp³-hybridized carbons (Fsp3) is 0.778. The van der Waals surface area contributed by atoms with Crippen LogP contribution in [0.15, 0.2) is 0 Å². The molecule has 1 fully saturated rings. The highest BCUT2D eigenvalue weighted by Crippen LogP contribution is 2.25. The number of hydrogen-bond acceptors (Lipinski definition) is 3. The van der Waals surface area contributed by atoms with Crippen LogP contribution >= 0.6 is 11.8 Å². The highest BCUT2D eigenvalue weighted by atomic mass is 32.2. The van der Waals surface area contributed by atoms with Crippen molar-refractivity contribution in [3.8, 4) is 0 Å². The molecule has 14 heavy (non-hydrogen) atoms. The Morgan fingerprint density at radius 3 is 2.79 bits per heavy atom. The van der Waals surface area contributed by atoms with Crippen LogP contribution in [-0.4, -0.2) is 34.5 Å². The minimum absolute atomic E-state index is 0.0797. The standard InChI is InChI=1S/C9H15NO3S/c11-8(3-4-9(12)13)10-6-7-2-1-5-14-7/h7H,1-6H2,(H,10,11)(H,12,13). The number of carboxylic acid groups (broad SMARTS) is 1. The number of carboxylic acids is 1. The minimum atomic E-state index is -0.921. The van der Waals surface area contributed by atoms with Gasteiger partial charge in [-0.1, -0.05) is 0 Å². The van der Waals surface area contributed by atoms with Gasteiger partial charge < -0.3 is 10.4 Å². The molecule has 0 spiro atoms. The molecule has 1 amide bonds. The lowest BCUT2D eigenvalue weighted by Gasteiger charge is -2.09. The van der Waals surface area contributed by atoms with E-state index in [1.807, 2.05) is 11.8 Å². The second kappa shape index (κ2) is 5.90. The average molecular weight is 217 g/mol. The van der Waals surface area contributed by atoms with Crippen molar-refractivity contribution in [2.24, 2.45) is 0 Å². The molecule has 5 heteroatoms. The lowest BCUT2D eigenvalue weighted by Crippen LogP contribution is -2.29. The molecular weight excluding hydrogens is 202 g/mol. The zero-order valence-corrected chi connectivity index (χ0v) is 8.81. The molecule has 0 saturated carbocycles. The number of carbonyl (C=O) groups is 2. The summed E-state index contributed by atoms with van der Waals surface area (Å²) in [6.45, 7) is 0.684. The van der Waals surface area contributed by atoms with E-state index in [0.29, 0.717) is 11.8 Å². The Balaban J connectivity index is 2.05. The largest absolute Gasteiger partial charge is 0.481 e. The number of aliphatic carboxylic acids is 1. The van der Waals surface area contributed by atoms with Crippen molar-refractivity contribution in [1.82, 2.24) is 5.32 Å². The fourth-order valence-corrected chi connectivity index (χ4v) is 2.54. The number of carbonyl (C=O) groups excluding carboxylic acids is 1. The molecule has 1 aliphatic rings. The van der Waals surface area contributed by atoms with Gasteiger partial charge in [0.15, 0.2) is 0 Å². The van der Waals surface area contributed by atoms with Crippen LogP contribution in [0, 0.1) is 0 Å². The molecule has 0 aliphatic carbocycles. The summed E-state index contributed by atoms with van der Waals surface area (Å²) >= 11 is 1.88. The van der Waals surface area contributed by atoms with E-state index in [-0.39, 0.29) is 18.7 Å². The maximum absolute atomic E-state index is 11.1. The highest BCUT2D eigenvalue weighted by Gasteiger charge is 2.16. The van der Waals surface area contributed by atoms with Crippen LogP contribution in [0.25, 0.3) is 0 Å². The second-order valence-electron chi connectivity index (χ2n) is 3.33. The minimum Gasteiger partial charge on any atom is -0.481 e. The second-order valence-corrected chi connectivity index (χ2v) is 4.74. The van der Waals surface area contributed by atoms with E-state index < -0.39 is 5.97 Å². The Morgan fingerprint density at radius 1 is 1.43 bits per heavy atom. The number of rotatable bonds is 5. The summed E-state index contributed by atoms with van der Waals surface area (Å²) in [6, 6.07) is 0. The molecule has 0 bridgehead atoms. The van der Waals surface area contributed by atoms with E-state index in [4.69, 9.17) is 5.11 Å². The summed E-state index contributed by atoms with van der Waals surface area (Å²) in [5.41, 5.74) is 0. The molecule has 0 radical (unpaired) electrons. The Labute approximate surface area is 87.4 Å². The zero-order valence-electron chi connectivity index (χ0n) is 7.99. The van der Waals surface area contributed by atoms with Crippen molar-refractivity contribution in [3.63, 3.8) is 0 Å². The van der Waals surface area contributed by atoms with E-state index in [2.05, 4.69) is 5.32 Å². The predicted molar refractivity (Wildman–Crippen MR) is 55.4 cm³/mol. The third kappa shape index (κ3) is 4.50. The summed E-state index contributed by atoms with van der Waals surface area (Å²) in [5.74, 6) is 0.102. The molecule has 1 unspecified atom stereocenters. The monoisotopic (exact) mass is 217 g/mol. The molecule has 1 heterocycles. The van der Waals surface area contributed by atoms with E-state index in [0.717, 1.165) is 6.42 Å². The first kappa shape index (κ1) is 11.4. The van der Waals surface area contributed by atoms with Gasteiger partial charge in [0.25, 0.3) is 0 Å². The van der Waals surface area contributed by atoms with Crippen molar-refractivity contribution in [3.05, 3.63) is 0 Å². The van der Waals surface area contributed by atoms with Crippen molar-refractivity contribution >= 4 is 23.6 Å². The first-order valence-corrected chi connectivity index (χ1v) is 5.83. The zero-order chi connectivity index (χ0) is 10.4. The van der Waals surface area contributed by atoms with E-state index in [1.165, 1.54) is 12.2 Å². The fourth-order valence-electron chi connectivity index (χ4n) is 1.34. The van der Waals surface area contributed by atoms with E-state index >= 15 is 0 Å². The third-order valence-corrected chi connectivity index (χ3v) is 3.51. The molecule has 4 nitrogen and oxygen atoms in total. The van der Waals surface area contributed by atoms with E-state index in [9.17, 15) is 9.59 Å².